The molecule has 180 valence electrons. The van der Waals surface area contributed by atoms with E-state index >= 15 is 0 Å². The standard InChI is InChI=1S/C27H17Cl3N2O4/c1-12-7-22-18(10-20(12)29)13(2)25(35-22)27(33)34-15-4-6-17-23(9-15)36-26(32)19(11-31)24(17)16-5-3-14(28)8-21(16)30/h3-10,24H,32H2,1-2H3. The third-order valence-corrected chi connectivity index (χ3v) is 7.05. The van der Waals surface area contributed by atoms with E-state index in [1.54, 1.807) is 49.4 Å². The van der Waals surface area contributed by atoms with E-state index in [1.807, 2.05) is 6.92 Å². The van der Waals surface area contributed by atoms with E-state index in [4.69, 9.17) is 54.4 Å². The fourth-order valence-corrected chi connectivity index (χ4v) is 4.93. The minimum Gasteiger partial charge on any atom is -0.449 e. The molecule has 2 heterocycles. The molecule has 6 nitrogen and oxygen atoms in total. The normalized spacial score (nSPS) is 14.8. The molecule has 0 bridgehead atoms. The van der Waals surface area contributed by atoms with Crippen molar-refractivity contribution in [2.45, 2.75) is 19.8 Å². The van der Waals surface area contributed by atoms with Gasteiger partial charge in [0.25, 0.3) is 0 Å². The molecule has 5 rings (SSSR count). The van der Waals surface area contributed by atoms with Gasteiger partial charge < -0.3 is 19.6 Å². The second-order valence-electron chi connectivity index (χ2n) is 8.33. The highest BCUT2D eigenvalue weighted by Crippen LogP contribution is 2.45. The number of rotatable bonds is 3. The average molecular weight is 540 g/mol. The number of esters is 1. The summed E-state index contributed by atoms with van der Waals surface area (Å²) in [4.78, 5) is 13.0. The van der Waals surface area contributed by atoms with Crippen LogP contribution in [0.5, 0.6) is 11.5 Å². The van der Waals surface area contributed by atoms with Crippen LogP contribution in [-0.2, 0) is 0 Å². The van der Waals surface area contributed by atoms with Crippen LogP contribution >= 0.6 is 34.8 Å². The van der Waals surface area contributed by atoms with E-state index in [0.717, 1.165) is 10.9 Å². The molecule has 4 aromatic rings. The van der Waals surface area contributed by atoms with Gasteiger partial charge in [0.2, 0.25) is 11.6 Å². The molecule has 2 N–H and O–H groups in total. The van der Waals surface area contributed by atoms with Crippen molar-refractivity contribution in [2.75, 3.05) is 0 Å². The SMILES string of the molecule is Cc1cc2oc(C(=O)Oc3ccc4c(c3)OC(N)=C(C#N)C4c3ccc(Cl)cc3Cl)c(C)c2cc1Cl. The van der Waals surface area contributed by atoms with Crippen LogP contribution in [0.2, 0.25) is 15.1 Å². The highest BCUT2D eigenvalue weighted by Gasteiger charge is 2.32. The summed E-state index contributed by atoms with van der Waals surface area (Å²) in [5.74, 6) is -0.712. The average Bonchev–Trinajstić information content (AvgIpc) is 3.14. The number of hydrogen-bond acceptors (Lipinski definition) is 6. The van der Waals surface area contributed by atoms with Crippen LogP contribution in [0.25, 0.3) is 11.0 Å². The second-order valence-corrected chi connectivity index (χ2v) is 9.58. The second kappa shape index (κ2) is 9.11. The number of halogens is 3. The van der Waals surface area contributed by atoms with Crippen LogP contribution in [-0.4, -0.2) is 5.97 Å². The number of aryl methyl sites for hydroxylation is 2. The van der Waals surface area contributed by atoms with Crippen LogP contribution in [0.15, 0.2) is 64.4 Å². The Morgan fingerprint density at radius 1 is 1.03 bits per heavy atom. The van der Waals surface area contributed by atoms with Crippen LogP contribution in [0.3, 0.4) is 0 Å². The Hall–Kier alpha value is -3.63. The first kappa shape index (κ1) is 24.1. The Balaban J connectivity index is 1.51. The quantitative estimate of drug-likeness (QED) is 0.214. The van der Waals surface area contributed by atoms with Gasteiger partial charge in [-0.2, -0.15) is 5.26 Å². The lowest BCUT2D eigenvalue weighted by atomic mass is 9.83. The summed E-state index contributed by atoms with van der Waals surface area (Å²) in [7, 11) is 0. The molecule has 36 heavy (non-hydrogen) atoms. The van der Waals surface area contributed by atoms with Gasteiger partial charge >= 0.3 is 5.97 Å². The first-order valence-electron chi connectivity index (χ1n) is 10.8. The predicted octanol–water partition coefficient (Wildman–Crippen LogP) is 7.45. The van der Waals surface area contributed by atoms with Gasteiger partial charge in [0.05, 0.1) is 5.92 Å². The van der Waals surface area contributed by atoms with E-state index < -0.39 is 11.9 Å². The van der Waals surface area contributed by atoms with Crippen molar-refractivity contribution in [3.05, 3.63) is 103 Å². The molecule has 0 aliphatic carbocycles. The van der Waals surface area contributed by atoms with E-state index in [9.17, 15) is 10.1 Å². The molecule has 0 saturated carbocycles. The van der Waals surface area contributed by atoms with Crippen molar-refractivity contribution in [1.82, 2.24) is 0 Å². The molecule has 3 aromatic carbocycles. The number of ether oxygens (including phenoxy) is 2. The molecule has 0 fully saturated rings. The predicted molar refractivity (Wildman–Crippen MR) is 138 cm³/mol. The van der Waals surface area contributed by atoms with Crippen molar-refractivity contribution in [3.63, 3.8) is 0 Å². The lowest BCUT2D eigenvalue weighted by Crippen LogP contribution is -2.21. The Morgan fingerprint density at radius 2 is 1.78 bits per heavy atom. The Morgan fingerprint density at radius 3 is 2.50 bits per heavy atom. The van der Waals surface area contributed by atoms with E-state index in [0.29, 0.717) is 43.1 Å². The molecule has 1 aromatic heterocycles. The zero-order valence-corrected chi connectivity index (χ0v) is 21.3. The number of allylic oxidation sites excluding steroid dienone is 1. The molecule has 1 aliphatic heterocycles. The highest BCUT2D eigenvalue weighted by atomic mass is 35.5. The van der Waals surface area contributed by atoms with Crippen molar-refractivity contribution in [2.24, 2.45) is 5.73 Å². The van der Waals surface area contributed by atoms with Gasteiger partial charge in [-0.15, -0.1) is 0 Å². The number of benzene rings is 3. The van der Waals surface area contributed by atoms with Crippen LogP contribution < -0.4 is 15.2 Å². The molecule has 0 radical (unpaired) electrons. The molecule has 1 atom stereocenters. The number of hydrogen-bond donors (Lipinski definition) is 1. The van der Waals surface area contributed by atoms with Crippen molar-refractivity contribution < 1.29 is 18.7 Å². The van der Waals surface area contributed by atoms with Gasteiger partial charge in [-0.25, -0.2) is 4.79 Å². The lowest BCUT2D eigenvalue weighted by molar-refractivity contribution is 0.0702. The van der Waals surface area contributed by atoms with Gasteiger partial charge in [-0.3, -0.25) is 0 Å². The number of furan rings is 1. The smallest absolute Gasteiger partial charge is 0.379 e. The summed E-state index contributed by atoms with van der Waals surface area (Å²) in [5, 5.41) is 11.9. The Labute approximate surface area is 221 Å². The van der Waals surface area contributed by atoms with Gasteiger partial charge in [-0.1, -0.05) is 46.9 Å². The third-order valence-electron chi connectivity index (χ3n) is 6.08. The molecule has 0 amide bonds. The van der Waals surface area contributed by atoms with Gasteiger partial charge in [0.1, 0.15) is 28.7 Å². The molecule has 0 spiro atoms. The van der Waals surface area contributed by atoms with Crippen LogP contribution in [0, 0.1) is 25.2 Å². The summed E-state index contributed by atoms with van der Waals surface area (Å²) >= 11 is 18.7. The topological polar surface area (TPSA) is 98.5 Å². The maximum Gasteiger partial charge on any atom is 0.379 e. The number of nitriles is 1. The van der Waals surface area contributed by atoms with E-state index in [2.05, 4.69) is 6.07 Å². The van der Waals surface area contributed by atoms with Crippen molar-refractivity contribution in [3.8, 4) is 17.6 Å². The van der Waals surface area contributed by atoms with Crippen LogP contribution in [0.1, 0.15) is 38.7 Å². The fourth-order valence-electron chi connectivity index (χ4n) is 4.24. The summed E-state index contributed by atoms with van der Waals surface area (Å²) in [6.45, 7) is 3.62. The number of nitrogens with two attached hydrogens (primary N) is 1. The molecule has 1 unspecified atom stereocenters. The number of carbonyl (C=O) groups excluding carboxylic acids is 1. The minimum absolute atomic E-state index is 0.0649. The monoisotopic (exact) mass is 538 g/mol. The number of carbonyl (C=O) groups is 1. The largest absolute Gasteiger partial charge is 0.449 e. The van der Waals surface area contributed by atoms with Gasteiger partial charge in [0, 0.05) is 37.6 Å². The van der Waals surface area contributed by atoms with Crippen LogP contribution in [0.4, 0.5) is 0 Å². The first-order chi connectivity index (χ1) is 17.2. The Bertz CT molecular complexity index is 1650. The van der Waals surface area contributed by atoms with E-state index in [-0.39, 0.29) is 23.0 Å². The van der Waals surface area contributed by atoms with E-state index in [1.165, 1.54) is 6.07 Å². The minimum atomic E-state index is -0.674. The molecule has 0 saturated heterocycles. The zero-order chi connectivity index (χ0) is 25.7. The first-order valence-corrected chi connectivity index (χ1v) is 11.9. The van der Waals surface area contributed by atoms with Gasteiger partial charge in [-0.05, 0) is 55.3 Å². The molecular formula is C27H17Cl3N2O4. The summed E-state index contributed by atoms with van der Waals surface area (Å²) in [5.41, 5.74) is 9.56. The number of nitrogens with zero attached hydrogens (tertiary/aromatic N) is 1. The molecule has 1 aliphatic rings. The lowest BCUT2D eigenvalue weighted by Gasteiger charge is -2.27. The third kappa shape index (κ3) is 4.06. The summed E-state index contributed by atoms with van der Waals surface area (Å²) < 4.78 is 17.1. The fraction of sp³-hybridized carbons (Fsp3) is 0.111. The van der Waals surface area contributed by atoms with Gasteiger partial charge in [0.15, 0.2) is 0 Å². The maximum atomic E-state index is 13.0. The maximum absolute atomic E-state index is 13.0. The van der Waals surface area contributed by atoms with Crippen molar-refractivity contribution >= 4 is 51.7 Å². The highest BCUT2D eigenvalue weighted by molar-refractivity contribution is 6.35. The summed E-state index contributed by atoms with van der Waals surface area (Å²) in [6, 6.07) is 15.5. The molecule has 9 heteroatoms. The molecular weight excluding hydrogens is 523 g/mol. The summed E-state index contributed by atoms with van der Waals surface area (Å²) in [6.07, 6.45) is 0. The van der Waals surface area contributed by atoms with Crippen molar-refractivity contribution in [1.29, 1.82) is 5.26 Å². The Kier molecular flexibility index (Phi) is 6.09. The number of fused-ring (bicyclic) bond motifs is 2. The zero-order valence-electron chi connectivity index (χ0n) is 19.0.